The van der Waals surface area contributed by atoms with E-state index in [1.165, 1.54) is 0 Å². The van der Waals surface area contributed by atoms with Crippen molar-refractivity contribution in [3.05, 3.63) is 12.1 Å². The lowest BCUT2D eigenvalue weighted by Gasteiger charge is -2.30. The maximum absolute atomic E-state index is 5.99. The Kier molecular flexibility index (Phi) is 4.74. The van der Waals surface area contributed by atoms with Crippen molar-refractivity contribution >= 4 is 11.4 Å². The maximum atomic E-state index is 5.99. The molecule has 1 aromatic carbocycles. The molecule has 0 unspecified atom stereocenters. The van der Waals surface area contributed by atoms with Crippen molar-refractivity contribution in [2.75, 3.05) is 50.2 Å². The fraction of sp³-hybridized carbons (Fsp3) is 0.571. The van der Waals surface area contributed by atoms with Gasteiger partial charge in [-0.2, -0.15) is 0 Å². The number of benzene rings is 1. The second-order valence-electron chi connectivity index (χ2n) is 4.32. The third kappa shape index (κ3) is 3.23. The molecule has 0 amide bonds. The van der Waals surface area contributed by atoms with Crippen molar-refractivity contribution < 1.29 is 14.2 Å². The van der Waals surface area contributed by atoms with Crippen molar-refractivity contribution in [1.82, 2.24) is 0 Å². The normalized spacial score (nSPS) is 15.4. The highest BCUT2D eigenvalue weighted by Crippen LogP contribution is 2.37. The molecule has 1 saturated heterocycles. The molecule has 0 atom stereocenters. The van der Waals surface area contributed by atoms with Gasteiger partial charge in [0.15, 0.2) is 0 Å². The Hall–Kier alpha value is -1.62. The van der Waals surface area contributed by atoms with E-state index in [9.17, 15) is 0 Å². The highest BCUT2D eigenvalue weighted by atomic mass is 16.5. The van der Waals surface area contributed by atoms with E-state index in [0.717, 1.165) is 37.7 Å². The van der Waals surface area contributed by atoms with Gasteiger partial charge in [0.05, 0.1) is 37.8 Å². The van der Waals surface area contributed by atoms with Crippen LogP contribution in [0, 0.1) is 0 Å². The Morgan fingerprint density at radius 2 is 1.74 bits per heavy atom. The number of morpholine rings is 1. The van der Waals surface area contributed by atoms with E-state index in [-0.39, 0.29) is 0 Å². The van der Waals surface area contributed by atoms with Crippen LogP contribution in [0.25, 0.3) is 0 Å². The number of nitrogen functional groups attached to an aromatic ring is 1. The molecular formula is C14H22N2O3. The zero-order valence-corrected chi connectivity index (χ0v) is 11.6. The van der Waals surface area contributed by atoms with Crippen molar-refractivity contribution in [2.24, 2.45) is 0 Å². The Morgan fingerprint density at radius 3 is 2.37 bits per heavy atom. The van der Waals surface area contributed by atoms with Gasteiger partial charge in [-0.25, -0.2) is 0 Å². The van der Waals surface area contributed by atoms with Gasteiger partial charge in [-0.3, -0.25) is 0 Å². The van der Waals surface area contributed by atoms with Crippen LogP contribution in [0.3, 0.4) is 0 Å². The summed E-state index contributed by atoms with van der Waals surface area (Å²) in [5.41, 5.74) is 7.63. The van der Waals surface area contributed by atoms with Crippen molar-refractivity contribution in [1.29, 1.82) is 0 Å². The van der Waals surface area contributed by atoms with E-state index >= 15 is 0 Å². The zero-order chi connectivity index (χ0) is 13.7. The first-order valence-corrected chi connectivity index (χ1v) is 6.78. The number of nitrogens with two attached hydrogens (primary N) is 1. The summed E-state index contributed by atoms with van der Waals surface area (Å²) in [5.74, 6) is 1.53. The number of rotatable bonds is 5. The quantitative estimate of drug-likeness (QED) is 0.825. The predicted octanol–water partition coefficient (Wildman–Crippen LogP) is 1.90. The molecule has 1 aliphatic rings. The molecule has 0 spiro atoms. The van der Waals surface area contributed by atoms with Gasteiger partial charge in [-0.1, -0.05) is 0 Å². The van der Waals surface area contributed by atoms with Gasteiger partial charge >= 0.3 is 0 Å². The number of hydrogen-bond donors (Lipinski definition) is 1. The highest BCUT2D eigenvalue weighted by Gasteiger charge is 2.18. The molecule has 5 heteroatoms. The lowest BCUT2D eigenvalue weighted by molar-refractivity contribution is 0.122. The predicted molar refractivity (Wildman–Crippen MR) is 76.2 cm³/mol. The Labute approximate surface area is 114 Å². The van der Waals surface area contributed by atoms with Gasteiger partial charge < -0.3 is 24.8 Å². The molecule has 1 aliphatic heterocycles. The Morgan fingerprint density at radius 1 is 1.11 bits per heavy atom. The fourth-order valence-electron chi connectivity index (χ4n) is 2.17. The van der Waals surface area contributed by atoms with E-state index in [1.54, 1.807) is 0 Å². The van der Waals surface area contributed by atoms with E-state index < -0.39 is 0 Å². The second-order valence-corrected chi connectivity index (χ2v) is 4.32. The first kappa shape index (κ1) is 13.8. The molecule has 0 bridgehead atoms. The van der Waals surface area contributed by atoms with Crippen molar-refractivity contribution in [3.8, 4) is 11.5 Å². The minimum atomic E-state index is 0.598. The molecule has 106 valence electrons. The molecular weight excluding hydrogens is 244 g/mol. The second kappa shape index (κ2) is 6.52. The standard InChI is InChI=1S/C14H22N2O3/c1-3-18-13-10-12(16-5-7-17-8-6-16)14(19-4-2)9-11(13)15/h9-10H,3-8,15H2,1-2H3. The SMILES string of the molecule is CCOc1cc(N2CCOCC2)c(OCC)cc1N. The van der Waals surface area contributed by atoms with E-state index in [2.05, 4.69) is 4.90 Å². The van der Waals surface area contributed by atoms with Crippen molar-refractivity contribution in [3.63, 3.8) is 0 Å². The Balaban J connectivity index is 2.33. The van der Waals surface area contributed by atoms with Crippen LogP contribution < -0.4 is 20.1 Å². The highest BCUT2D eigenvalue weighted by molar-refractivity contribution is 5.70. The van der Waals surface area contributed by atoms with Crippen LogP contribution >= 0.6 is 0 Å². The Bertz CT molecular complexity index is 417. The molecule has 0 radical (unpaired) electrons. The van der Waals surface area contributed by atoms with Crippen LogP contribution in [-0.4, -0.2) is 39.5 Å². The zero-order valence-electron chi connectivity index (χ0n) is 11.6. The van der Waals surface area contributed by atoms with Gasteiger partial charge in [0, 0.05) is 25.2 Å². The fourth-order valence-corrected chi connectivity index (χ4v) is 2.17. The van der Waals surface area contributed by atoms with Gasteiger partial charge in [0.1, 0.15) is 11.5 Å². The smallest absolute Gasteiger partial charge is 0.144 e. The average molecular weight is 266 g/mol. The van der Waals surface area contributed by atoms with Crippen LogP contribution in [0.2, 0.25) is 0 Å². The summed E-state index contributed by atoms with van der Waals surface area (Å²) in [6.45, 7) is 8.32. The van der Waals surface area contributed by atoms with Crippen LogP contribution in [0.15, 0.2) is 12.1 Å². The number of ether oxygens (including phenoxy) is 3. The minimum absolute atomic E-state index is 0.598. The summed E-state index contributed by atoms with van der Waals surface area (Å²) in [6, 6.07) is 3.81. The molecule has 1 fully saturated rings. The molecule has 0 aliphatic carbocycles. The molecule has 2 rings (SSSR count). The lowest BCUT2D eigenvalue weighted by Crippen LogP contribution is -2.36. The van der Waals surface area contributed by atoms with Crippen LogP contribution in [-0.2, 0) is 4.74 Å². The summed E-state index contributed by atoms with van der Waals surface area (Å²) in [4.78, 5) is 2.25. The molecule has 19 heavy (non-hydrogen) atoms. The summed E-state index contributed by atoms with van der Waals surface area (Å²) < 4.78 is 16.6. The van der Waals surface area contributed by atoms with Crippen LogP contribution in [0.5, 0.6) is 11.5 Å². The molecule has 5 nitrogen and oxygen atoms in total. The summed E-state index contributed by atoms with van der Waals surface area (Å²) in [7, 11) is 0. The van der Waals surface area contributed by atoms with Crippen LogP contribution in [0.4, 0.5) is 11.4 Å². The maximum Gasteiger partial charge on any atom is 0.144 e. The van der Waals surface area contributed by atoms with E-state index in [4.69, 9.17) is 19.9 Å². The van der Waals surface area contributed by atoms with Gasteiger partial charge in [-0.15, -0.1) is 0 Å². The summed E-state index contributed by atoms with van der Waals surface area (Å²) in [5, 5.41) is 0. The monoisotopic (exact) mass is 266 g/mol. The topological polar surface area (TPSA) is 57.0 Å². The summed E-state index contributed by atoms with van der Waals surface area (Å²) >= 11 is 0. The third-order valence-corrected chi connectivity index (χ3v) is 3.04. The van der Waals surface area contributed by atoms with Gasteiger partial charge in [0.25, 0.3) is 0 Å². The first-order chi connectivity index (χ1) is 9.26. The van der Waals surface area contributed by atoms with Gasteiger partial charge in [0.2, 0.25) is 0 Å². The van der Waals surface area contributed by atoms with E-state index in [0.29, 0.717) is 24.7 Å². The van der Waals surface area contributed by atoms with Crippen LogP contribution in [0.1, 0.15) is 13.8 Å². The summed E-state index contributed by atoms with van der Waals surface area (Å²) in [6.07, 6.45) is 0. The lowest BCUT2D eigenvalue weighted by atomic mass is 10.2. The van der Waals surface area contributed by atoms with E-state index in [1.807, 2.05) is 26.0 Å². The third-order valence-electron chi connectivity index (χ3n) is 3.04. The largest absolute Gasteiger partial charge is 0.492 e. The number of hydrogen-bond acceptors (Lipinski definition) is 5. The van der Waals surface area contributed by atoms with Crippen molar-refractivity contribution in [2.45, 2.75) is 13.8 Å². The number of anilines is 2. The average Bonchev–Trinajstić information content (AvgIpc) is 2.43. The molecule has 0 saturated carbocycles. The minimum Gasteiger partial charge on any atom is -0.492 e. The molecule has 1 aromatic rings. The molecule has 0 aromatic heterocycles. The molecule has 1 heterocycles. The number of nitrogens with zero attached hydrogens (tertiary/aromatic N) is 1. The first-order valence-electron chi connectivity index (χ1n) is 6.78. The van der Waals surface area contributed by atoms with Gasteiger partial charge in [-0.05, 0) is 13.8 Å². The molecule has 2 N–H and O–H groups in total.